The molecule has 1 saturated heterocycles. The molecule has 7 heteroatoms. The molecule has 0 aromatic rings. The van der Waals surface area contributed by atoms with Crippen molar-refractivity contribution < 1.29 is 26.6 Å². The van der Waals surface area contributed by atoms with E-state index in [0.29, 0.717) is 0 Å². The Balaban J connectivity index is 1.83. The number of unbranched alkanes of at least 4 members (excludes halogenated alkanes) is 12. The van der Waals surface area contributed by atoms with Crippen LogP contribution in [0.2, 0.25) is 0 Å². The first-order valence-electron chi connectivity index (χ1n) is 10.4. The smallest absolute Gasteiger partial charge is 0.350 e. The first-order valence-corrected chi connectivity index (χ1v) is 11.8. The van der Waals surface area contributed by atoms with Gasteiger partial charge in [-0.3, -0.25) is 4.55 Å². The summed E-state index contributed by atoms with van der Waals surface area (Å²) in [7, 11) is -4.44. The Labute approximate surface area is 159 Å². The van der Waals surface area contributed by atoms with Crippen molar-refractivity contribution in [2.45, 2.75) is 109 Å². The average Bonchev–Trinajstić information content (AvgIpc) is 2.59. The van der Waals surface area contributed by atoms with Gasteiger partial charge in [-0.2, -0.15) is 8.42 Å². The van der Waals surface area contributed by atoms with E-state index in [2.05, 4.69) is 11.1 Å². The van der Waals surface area contributed by atoms with E-state index in [9.17, 15) is 8.42 Å². The quantitative estimate of drug-likeness (QED) is 0.292. The Morgan fingerprint density at radius 3 is 1.65 bits per heavy atom. The molecule has 0 amide bonds. The zero-order valence-electron chi connectivity index (χ0n) is 16.4. The van der Waals surface area contributed by atoms with Crippen LogP contribution in [0.4, 0.5) is 0 Å². The summed E-state index contributed by atoms with van der Waals surface area (Å²) < 4.78 is 45.1. The van der Waals surface area contributed by atoms with Crippen molar-refractivity contribution in [2.24, 2.45) is 0 Å². The zero-order valence-corrected chi connectivity index (χ0v) is 17.2. The van der Waals surface area contributed by atoms with Crippen LogP contribution in [-0.4, -0.2) is 38.6 Å². The van der Waals surface area contributed by atoms with E-state index in [1.807, 2.05) is 0 Å². The van der Waals surface area contributed by atoms with Crippen molar-refractivity contribution in [3.05, 3.63) is 0 Å². The fourth-order valence-electron chi connectivity index (χ4n) is 3.25. The van der Waals surface area contributed by atoms with Crippen LogP contribution in [-0.2, 0) is 24.1 Å². The molecular formula is C19H38O6S. The highest BCUT2D eigenvalue weighted by atomic mass is 32.3. The maximum Gasteiger partial charge on any atom is 0.397 e. The molecule has 156 valence electrons. The van der Waals surface area contributed by atoms with Crippen LogP contribution in [0, 0.1) is 0 Å². The van der Waals surface area contributed by atoms with E-state index in [0.717, 1.165) is 12.8 Å². The van der Waals surface area contributed by atoms with Crippen LogP contribution < -0.4 is 0 Å². The molecule has 1 aliphatic heterocycles. The lowest BCUT2D eigenvalue weighted by atomic mass is 10.0. The SMILES string of the molecule is CCCCCCCCCCCCCCCC1OCC(OS(=O)(=O)O)CO1. The molecule has 26 heavy (non-hydrogen) atoms. The third-order valence-electron chi connectivity index (χ3n) is 4.74. The van der Waals surface area contributed by atoms with Crippen LogP contribution in [0.15, 0.2) is 0 Å². The van der Waals surface area contributed by atoms with E-state index in [4.69, 9.17) is 14.0 Å². The molecule has 0 saturated carbocycles. The average molecular weight is 395 g/mol. The molecule has 0 aromatic carbocycles. The second-order valence-electron chi connectivity index (χ2n) is 7.27. The van der Waals surface area contributed by atoms with Crippen molar-refractivity contribution in [3.63, 3.8) is 0 Å². The van der Waals surface area contributed by atoms with Crippen LogP contribution in [0.25, 0.3) is 0 Å². The van der Waals surface area contributed by atoms with Crippen LogP contribution in [0.5, 0.6) is 0 Å². The molecule has 0 radical (unpaired) electrons. The highest BCUT2D eigenvalue weighted by Crippen LogP contribution is 2.17. The van der Waals surface area contributed by atoms with E-state index < -0.39 is 16.5 Å². The molecule has 0 spiro atoms. The van der Waals surface area contributed by atoms with Gasteiger partial charge < -0.3 is 9.47 Å². The van der Waals surface area contributed by atoms with Gasteiger partial charge in [0.05, 0.1) is 13.2 Å². The van der Waals surface area contributed by atoms with Gasteiger partial charge in [0.1, 0.15) is 6.10 Å². The summed E-state index contributed by atoms with van der Waals surface area (Å²) in [6.07, 6.45) is 16.9. The standard InChI is InChI=1S/C19H38O6S/c1-2-3-4-5-6-7-8-9-10-11-12-13-14-15-19-23-16-18(17-24-19)25-26(20,21)22/h18-19H,2-17H2,1H3,(H,20,21,22). The number of hydrogen-bond donors (Lipinski definition) is 1. The summed E-state index contributed by atoms with van der Waals surface area (Å²) in [5.41, 5.74) is 0. The molecule has 6 nitrogen and oxygen atoms in total. The predicted octanol–water partition coefficient (Wildman–Crippen LogP) is 5.03. The molecule has 0 atom stereocenters. The minimum absolute atomic E-state index is 0.128. The van der Waals surface area contributed by atoms with Gasteiger partial charge in [0.25, 0.3) is 0 Å². The lowest BCUT2D eigenvalue weighted by molar-refractivity contribution is -0.213. The van der Waals surface area contributed by atoms with Gasteiger partial charge >= 0.3 is 10.4 Å². The Kier molecular flexibility index (Phi) is 13.6. The first-order chi connectivity index (χ1) is 12.5. The summed E-state index contributed by atoms with van der Waals surface area (Å²) in [5.74, 6) is 0. The number of rotatable bonds is 16. The molecule has 0 bridgehead atoms. The third-order valence-corrected chi connectivity index (χ3v) is 5.25. The van der Waals surface area contributed by atoms with E-state index in [1.165, 1.54) is 77.0 Å². The Hall–Kier alpha value is -0.210. The molecule has 1 N–H and O–H groups in total. The lowest BCUT2D eigenvalue weighted by Crippen LogP contribution is -2.38. The third kappa shape index (κ3) is 13.9. The number of ether oxygens (including phenoxy) is 2. The fraction of sp³-hybridized carbons (Fsp3) is 1.00. The summed E-state index contributed by atoms with van der Waals surface area (Å²) in [6.45, 7) is 2.51. The molecule has 1 fully saturated rings. The molecule has 1 rings (SSSR count). The van der Waals surface area contributed by atoms with Crippen LogP contribution >= 0.6 is 0 Å². The number of hydrogen-bond acceptors (Lipinski definition) is 5. The summed E-state index contributed by atoms with van der Waals surface area (Å²) >= 11 is 0. The Morgan fingerprint density at radius 2 is 1.23 bits per heavy atom. The van der Waals surface area contributed by atoms with Crippen molar-refractivity contribution in [1.82, 2.24) is 0 Å². The van der Waals surface area contributed by atoms with E-state index >= 15 is 0 Å². The van der Waals surface area contributed by atoms with Crippen LogP contribution in [0.1, 0.15) is 96.8 Å². The topological polar surface area (TPSA) is 82.1 Å². The second-order valence-corrected chi connectivity index (χ2v) is 8.32. The Morgan fingerprint density at radius 1 is 0.808 bits per heavy atom. The highest BCUT2D eigenvalue weighted by molar-refractivity contribution is 7.80. The van der Waals surface area contributed by atoms with E-state index in [1.54, 1.807) is 0 Å². The maximum atomic E-state index is 10.6. The monoisotopic (exact) mass is 394 g/mol. The van der Waals surface area contributed by atoms with Gasteiger partial charge in [-0.1, -0.05) is 84.0 Å². The minimum Gasteiger partial charge on any atom is -0.350 e. The van der Waals surface area contributed by atoms with Gasteiger partial charge in [0, 0.05) is 0 Å². The maximum absolute atomic E-state index is 10.6. The summed E-state index contributed by atoms with van der Waals surface area (Å²) in [6, 6.07) is 0. The summed E-state index contributed by atoms with van der Waals surface area (Å²) in [5, 5.41) is 0. The molecule has 0 aromatic heterocycles. The summed E-state index contributed by atoms with van der Waals surface area (Å²) in [4.78, 5) is 0. The highest BCUT2D eigenvalue weighted by Gasteiger charge is 2.26. The first kappa shape index (κ1) is 23.8. The molecular weight excluding hydrogens is 356 g/mol. The molecule has 1 aliphatic rings. The van der Waals surface area contributed by atoms with Gasteiger partial charge in [-0.05, 0) is 12.8 Å². The van der Waals surface area contributed by atoms with Crippen molar-refractivity contribution in [2.75, 3.05) is 13.2 Å². The minimum atomic E-state index is -4.44. The van der Waals surface area contributed by atoms with Crippen LogP contribution in [0.3, 0.4) is 0 Å². The van der Waals surface area contributed by atoms with Gasteiger partial charge in [-0.25, -0.2) is 4.18 Å². The second kappa shape index (κ2) is 14.8. The van der Waals surface area contributed by atoms with Gasteiger partial charge in [-0.15, -0.1) is 0 Å². The van der Waals surface area contributed by atoms with Crippen molar-refractivity contribution in [3.8, 4) is 0 Å². The predicted molar refractivity (Wildman–Crippen MR) is 102 cm³/mol. The van der Waals surface area contributed by atoms with E-state index in [-0.39, 0.29) is 19.5 Å². The van der Waals surface area contributed by atoms with Crippen molar-refractivity contribution in [1.29, 1.82) is 0 Å². The lowest BCUT2D eigenvalue weighted by Gasteiger charge is -2.28. The molecule has 0 aliphatic carbocycles. The van der Waals surface area contributed by atoms with Crippen molar-refractivity contribution >= 4 is 10.4 Å². The molecule has 0 unspecified atom stereocenters. The zero-order chi connectivity index (χ0) is 19.1. The van der Waals surface area contributed by atoms with Gasteiger partial charge in [0.15, 0.2) is 6.29 Å². The normalized spacial score (nSPS) is 21.2. The Bertz CT molecular complexity index is 418. The fourth-order valence-corrected chi connectivity index (χ4v) is 3.70. The molecule has 1 heterocycles. The van der Waals surface area contributed by atoms with Gasteiger partial charge in [0.2, 0.25) is 0 Å². The largest absolute Gasteiger partial charge is 0.397 e.